The molecule has 0 saturated carbocycles. The van der Waals surface area contributed by atoms with E-state index in [-0.39, 0.29) is 18.2 Å². The SMILES string of the molecule is CCOC(=O)CC(NCC(C)C)C(=O)c1ccc(OC)c(C)c1. The highest BCUT2D eigenvalue weighted by Crippen LogP contribution is 2.20. The fourth-order valence-electron chi connectivity index (χ4n) is 2.25. The molecule has 0 aliphatic carbocycles. The summed E-state index contributed by atoms with van der Waals surface area (Å²) >= 11 is 0. The van der Waals surface area contributed by atoms with E-state index in [1.807, 2.05) is 6.92 Å². The Kier molecular flexibility index (Phi) is 7.75. The molecule has 0 spiro atoms. The van der Waals surface area contributed by atoms with Crippen LogP contribution in [0, 0.1) is 12.8 Å². The Hall–Kier alpha value is -1.88. The molecule has 5 nitrogen and oxygen atoms in total. The summed E-state index contributed by atoms with van der Waals surface area (Å²) in [5.41, 5.74) is 1.45. The number of ether oxygens (including phenoxy) is 2. The summed E-state index contributed by atoms with van der Waals surface area (Å²) in [5, 5.41) is 3.17. The zero-order valence-corrected chi connectivity index (χ0v) is 14.6. The fourth-order valence-corrected chi connectivity index (χ4v) is 2.25. The number of esters is 1. The molecule has 0 bridgehead atoms. The van der Waals surface area contributed by atoms with Crippen molar-refractivity contribution in [3.8, 4) is 5.75 Å². The zero-order valence-electron chi connectivity index (χ0n) is 14.6. The third-order valence-electron chi connectivity index (χ3n) is 3.44. The Morgan fingerprint density at radius 3 is 2.48 bits per heavy atom. The number of carbonyl (C=O) groups is 2. The molecule has 1 N–H and O–H groups in total. The Bertz CT molecular complexity index is 540. The van der Waals surface area contributed by atoms with Crippen molar-refractivity contribution in [2.45, 2.75) is 40.2 Å². The molecular formula is C18H27NO4. The first-order valence-corrected chi connectivity index (χ1v) is 7.96. The topological polar surface area (TPSA) is 64.6 Å². The lowest BCUT2D eigenvalue weighted by Crippen LogP contribution is -2.40. The van der Waals surface area contributed by atoms with Gasteiger partial charge in [-0.15, -0.1) is 0 Å². The molecule has 128 valence electrons. The first kappa shape index (κ1) is 19.2. The molecule has 23 heavy (non-hydrogen) atoms. The lowest BCUT2D eigenvalue weighted by Gasteiger charge is -2.19. The van der Waals surface area contributed by atoms with Crippen molar-refractivity contribution in [1.29, 1.82) is 0 Å². The van der Waals surface area contributed by atoms with Crippen LogP contribution in [0.25, 0.3) is 0 Å². The van der Waals surface area contributed by atoms with Crippen molar-refractivity contribution >= 4 is 11.8 Å². The van der Waals surface area contributed by atoms with Crippen LogP contribution in [0.3, 0.4) is 0 Å². The summed E-state index contributed by atoms with van der Waals surface area (Å²) < 4.78 is 10.2. The monoisotopic (exact) mass is 321 g/mol. The van der Waals surface area contributed by atoms with E-state index in [0.717, 1.165) is 11.3 Å². The molecular weight excluding hydrogens is 294 g/mol. The molecule has 0 heterocycles. The summed E-state index contributed by atoms with van der Waals surface area (Å²) in [6.45, 7) is 8.71. The number of methoxy groups -OCH3 is 1. The molecule has 0 saturated heterocycles. The number of carbonyl (C=O) groups excluding carboxylic acids is 2. The van der Waals surface area contributed by atoms with Crippen LogP contribution in [0.1, 0.15) is 43.1 Å². The number of hydrogen-bond acceptors (Lipinski definition) is 5. The lowest BCUT2D eigenvalue weighted by molar-refractivity contribution is -0.143. The van der Waals surface area contributed by atoms with Crippen LogP contribution >= 0.6 is 0 Å². The summed E-state index contributed by atoms with van der Waals surface area (Å²) in [7, 11) is 1.59. The van der Waals surface area contributed by atoms with Crippen LogP contribution in [-0.2, 0) is 9.53 Å². The van der Waals surface area contributed by atoms with Crippen molar-refractivity contribution in [2.75, 3.05) is 20.3 Å². The van der Waals surface area contributed by atoms with Crippen LogP contribution < -0.4 is 10.1 Å². The molecule has 5 heteroatoms. The number of Topliss-reactive ketones (excluding diaryl/α,β-unsaturated/α-hetero) is 1. The third-order valence-corrected chi connectivity index (χ3v) is 3.44. The second-order valence-corrected chi connectivity index (χ2v) is 5.91. The lowest BCUT2D eigenvalue weighted by atomic mass is 9.99. The van der Waals surface area contributed by atoms with Crippen LogP contribution in [0.4, 0.5) is 0 Å². The summed E-state index contributed by atoms with van der Waals surface area (Å²) in [4.78, 5) is 24.5. The molecule has 1 aromatic rings. The molecule has 0 radical (unpaired) electrons. The van der Waals surface area contributed by atoms with Crippen molar-refractivity contribution in [1.82, 2.24) is 5.32 Å². The molecule has 0 amide bonds. The zero-order chi connectivity index (χ0) is 17.4. The molecule has 1 rings (SSSR count). The Morgan fingerprint density at radius 1 is 1.26 bits per heavy atom. The quantitative estimate of drug-likeness (QED) is 0.560. The summed E-state index contributed by atoms with van der Waals surface area (Å²) in [5.74, 6) is 0.639. The molecule has 0 aliphatic heterocycles. The van der Waals surface area contributed by atoms with E-state index in [9.17, 15) is 9.59 Å². The van der Waals surface area contributed by atoms with Gasteiger partial charge in [-0.1, -0.05) is 13.8 Å². The predicted molar refractivity (Wildman–Crippen MR) is 89.9 cm³/mol. The van der Waals surface area contributed by atoms with Crippen LogP contribution in [0.2, 0.25) is 0 Å². The first-order valence-electron chi connectivity index (χ1n) is 7.96. The van der Waals surface area contributed by atoms with Gasteiger partial charge in [-0.05, 0) is 50.1 Å². The number of ketones is 1. The highest BCUT2D eigenvalue weighted by atomic mass is 16.5. The Morgan fingerprint density at radius 2 is 1.96 bits per heavy atom. The minimum Gasteiger partial charge on any atom is -0.496 e. The minimum atomic E-state index is -0.579. The van der Waals surface area contributed by atoms with Crippen molar-refractivity contribution in [2.24, 2.45) is 5.92 Å². The van der Waals surface area contributed by atoms with E-state index in [1.165, 1.54) is 0 Å². The molecule has 0 fully saturated rings. The highest BCUT2D eigenvalue weighted by molar-refractivity contribution is 6.02. The van der Waals surface area contributed by atoms with Gasteiger partial charge >= 0.3 is 5.97 Å². The van der Waals surface area contributed by atoms with Crippen molar-refractivity contribution in [3.05, 3.63) is 29.3 Å². The Balaban J connectivity index is 2.92. The van der Waals surface area contributed by atoms with Gasteiger partial charge < -0.3 is 14.8 Å². The molecule has 1 atom stereocenters. The number of benzene rings is 1. The summed E-state index contributed by atoms with van der Waals surface area (Å²) in [6, 6.07) is 4.70. The first-order chi connectivity index (χ1) is 10.9. The van der Waals surface area contributed by atoms with E-state index >= 15 is 0 Å². The second kappa shape index (κ2) is 9.30. The number of hydrogen-bond donors (Lipinski definition) is 1. The normalized spacial score (nSPS) is 12.1. The highest BCUT2D eigenvalue weighted by Gasteiger charge is 2.24. The van der Waals surface area contributed by atoms with Crippen LogP contribution in [-0.4, -0.2) is 38.1 Å². The van der Waals surface area contributed by atoms with Gasteiger partial charge in [0.05, 0.1) is 26.2 Å². The largest absolute Gasteiger partial charge is 0.496 e. The molecule has 1 aromatic carbocycles. The number of nitrogens with one attached hydrogen (secondary N) is 1. The van der Waals surface area contributed by atoms with E-state index in [0.29, 0.717) is 24.6 Å². The van der Waals surface area contributed by atoms with Gasteiger partial charge in [-0.25, -0.2) is 0 Å². The van der Waals surface area contributed by atoms with Crippen LogP contribution in [0.15, 0.2) is 18.2 Å². The standard InChI is InChI=1S/C18H27NO4/c1-6-23-17(20)10-15(19-11-12(2)3)18(21)14-7-8-16(22-5)13(4)9-14/h7-9,12,15,19H,6,10-11H2,1-5H3. The van der Waals surface area contributed by atoms with Gasteiger partial charge in [-0.3, -0.25) is 9.59 Å². The average molecular weight is 321 g/mol. The maximum absolute atomic E-state index is 12.7. The van der Waals surface area contributed by atoms with Gasteiger partial charge in [0.15, 0.2) is 5.78 Å². The smallest absolute Gasteiger partial charge is 0.307 e. The van der Waals surface area contributed by atoms with Crippen molar-refractivity contribution < 1.29 is 19.1 Å². The molecule has 0 aromatic heterocycles. The van der Waals surface area contributed by atoms with Gasteiger partial charge in [0, 0.05) is 5.56 Å². The van der Waals surface area contributed by atoms with Crippen LogP contribution in [0.5, 0.6) is 5.75 Å². The average Bonchev–Trinajstić information content (AvgIpc) is 2.50. The Labute approximate surface area is 138 Å². The molecule has 1 unspecified atom stereocenters. The minimum absolute atomic E-state index is 0.0322. The van der Waals surface area contributed by atoms with E-state index < -0.39 is 6.04 Å². The summed E-state index contributed by atoms with van der Waals surface area (Å²) in [6.07, 6.45) is 0.0322. The van der Waals surface area contributed by atoms with E-state index in [4.69, 9.17) is 9.47 Å². The second-order valence-electron chi connectivity index (χ2n) is 5.91. The van der Waals surface area contributed by atoms with Gasteiger partial charge in [0.2, 0.25) is 0 Å². The fraction of sp³-hybridized carbons (Fsp3) is 0.556. The third kappa shape index (κ3) is 6.02. The maximum Gasteiger partial charge on any atom is 0.307 e. The van der Waals surface area contributed by atoms with Gasteiger partial charge in [-0.2, -0.15) is 0 Å². The van der Waals surface area contributed by atoms with Gasteiger partial charge in [0.1, 0.15) is 5.75 Å². The van der Waals surface area contributed by atoms with E-state index in [2.05, 4.69) is 19.2 Å². The predicted octanol–water partition coefficient (Wildman–Crippen LogP) is 2.75. The molecule has 0 aliphatic rings. The van der Waals surface area contributed by atoms with Crippen molar-refractivity contribution in [3.63, 3.8) is 0 Å². The van der Waals surface area contributed by atoms with E-state index in [1.54, 1.807) is 32.2 Å². The maximum atomic E-state index is 12.7. The number of aryl methyl sites for hydroxylation is 1. The number of rotatable bonds is 9. The van der Waals surface area contributed by atoms with Gasteiger partial charge in [0.25, 0.3) is 0 Å².